The predicted octanol–water partition coefficient (Wildman–Crippen LogP) is 2.31. The molecule has 1 amide bonds. The minimum absolute atomic E-state index is 0.365. The van der Waals surface area contributed by atoms with Gasteiger partial charge in [-0.05, 0) is 34.5 Å². The maximum Gasteiger partial charge on any atom is 0.239 e. The number of nitrogens with two attached hydrogens (primary N) is 1. The number of hydrogen-bond donors (Lipinski definition) is 2. The Bertz CT molecular complexity index is 582. The van der Waals surface area contributed by atoms with Crippen LogP contribution >= 0.6 is 15.9 Å². The highest BCUT2D eigenvalue weighted by atomic mass is 79.9. The molecule has 6 heteroatoms. The fourth-order valence-corrected chi connectivity index (χ4v) is 2.21. The zero-order valence-corrected chi connectivity index (χ0v) is 12.1. The molecule has 3 N–H and O–H groups in total. The van der Waals surface area contributed by atoms with Crippen molar-refractivity contribution < 1.29 is 4.79 Å². The number of carbonyl (C=O) groups is 1. The first-order chi connectivity index (χ1) is 9.11. The van der Waals surface area contributed by atoms with Crippen LogP contribution in [-0.2, 0) is 4.79 Å². The molecule has 1 unspecified atom stereocenters. The number of carbonyl (C=O) groups excluding carboxylic acids is 1. The lowest BCUT2D eigenvalue weighted by atomic mass is 10.2. The number of anilines is 1. The lowest BCUT2D eigenvalue weighted by Crippen LogP contribution is -2.34. The van der Waals surface area contributed by atoms with Crippen molar-refractivity contribution in [1.29, 1.82) is 0 Å². The van der Waals surface area contributed by atoms with Crippen LogP contribution in [0.3, 0.4) is 0 Å². The molecule has 1 heterocycles. The Labute approximate surface area is 119 Å². The number of halogens is 1. The SMILES string of the molecule is CCC(Nc1cnn(-c2ccccc2Br)c1)C(N)=O. The van der Waals surface area contributed by atoms with Gasteiger partial charge in [0, 0.05) is 4.47 Å². The number of nitrogens with zero attached hydrogens (tertiary/aromatic N) is 2. The summed E-state index contributed by atoms with van der Waals surface area (Å²) in [5.74, 6) is -0.365. The van der Waals surface area contributed by atoms with Crippen LogP contribution in [0, 0.1) is 0 Å². The molecule has 0 fully saturated rings. The van der Waals surface area contributed by atoms with E-state index in [0.717, 1.165) is 15.8 Å². The second-order valence-corrected chi connectivity index (χ2v) is 4.99. The van der Waals surface area contributed by atoms with Crippen molar-refractivity contribution >= 4 is 27.5 Å². The zero-order chi connectivity index (χ0) is 13.8. The number of nitrogens with one attached hydrogen (secondary N) is 1. The molecule has 0 spiro atoms. The number of hydrogen-bond acceptors (Lipinski definition) is 3. The van der Waals surface area contributed by atoms with Gasteiger partial charge in [-0.3, -0.25) is 4.79 Å². The normalized spacial score (nSPS) is 12.1. The summed E-state index contributed by atoms with van der Waals surface area (Å²) in [6, 6.07) is 7.40. The lowest BCUT2D eigenvalue weighted by molar-refractivity contribution is -0.118. The first-order valence-electron chi connectivity index (χ1n) is 5.97. The standard InChI is InChI=1S/C13H15BrN4O/c1-2-11(13(15)19)17-9-7-16-18(8-9)12-6-4-3-5-10(12)14/h3-8,11,17H,2H2,1H3,(H2,15,19). The van der Waals surface area contributed by atoms with Crippen molar-refractivity contribution in [3.05, 3.63) is 41.1 Å². The lowest BCUT2D eigenvalue weighted by Gasteiger charge is -2.12. The Morgan fingerprint density at radius 1 is 1.53 bits per heavy atom. The molecule has 0 saturated heterocycles. The van der Waals surface area contributed by atoms with Crippen LogP contribution in [0.15, 0.2) is 41.1 Å². The summed E-state index contributed by atoms with van der Waals surface area (Å²) < 4.78 is 2.69. The van der Waals surface area contributed by atoms with Gasteiger partial charge in [0.25, 0.3) is 0 Å². The third kappa shape index (κ3) is 3.14. The van der Waals surface area contributed by atoms with Crippen molar-refractivity contribution in [2.75, 3.05) is 5.32 Å². The summed E-state index contributed by atoms with van der Waals surface area (Å²) in [7, 11) is 0. The summed E-state index contributed by atoms with van der Waals surface area (Å²) in [4.78, 5) is 11.2. The summed E-state index contributed by atoms with van der Waals surface area (Å²) in [5.41, 5.74) is 7.00. The van der Waals surface area contributed by atoms with Crippen LogP contribution in [0.25, 0.3) is 5.69 Å². The molecular formula is C13H15BrN4O. The molecular weight excluding hydrogens is 308 g/mol. The van der Waals surface area contributed by atoms with E-state index in [-0.39, 0.29) is 11.9 Å². The van der Waals surface area contributed by atoms with E-state index in [0.29, 0.717) is 6.42 Å². The van der Waals surface area contributed by atoms with Gasteiger partial charge >= 0.3 is 0 Å². The number of para-hydroxylation sites is 1. The quantitative estimate of drug-likeness (QED) is 0.887. The van der Waals surface area contributed by atoms with E-state index in [1.165, 1.54) is 0 Å². The average molecular weight is 323 g/mol. The van der Waals surface area contributed by atoms with Crippen molar-refractivity contribution in [3.8, 4) is 5.69 Å². The molecule has 5 nitrogen and oxygen atoms in total. The molecule has 1 aromatic heterocycles. The Hall–Kier alpha value is -1.82. The summed E-state index contributed by atoms with van der Waals surface area (Å²) in [5, 5.41) is 7.33. The van der Waals surface area contributed by atoms with E-state index in [1.54, 1.807) is 10.9 Å². The van der Waals surface area contributed by atoms with Gasteiger partial charge in [0.05, 0.1) is 23.8 Å². The van der Waals surface area contributed by atoms with Crippen molar-refractivity contribution in [1.82, 2.24) is 9.78 Å². The summed E-state index contributed by atoms with van der Waals surface area (Å²) in [6.07, 6.45) is 4.13. The van der Waals surface area contributed by atoms with Crippen molar-refractivity contribution in [3.63, 3.8) is 0 Å². The van der Waals surface area contributed by atoms with Gasteiger partial charge in [0.2, 0.25) is 5.91 Å². The van der Waals surface area contributed by atoms with E-state index >= 15 is 0 Å². The fraction of sp³-hybridized carbons (Fsp3) is 0.231. The Morgan fingerprint density at radius 2 is 2.26 bits per heavy atom. The second kappa shape index (κ2) is 5.88. The minimum atomic E-state index is -0.378. The molecule has 2 aromatic rings. The van der Waals surface area contributed by atoms with Crippen LogP contribution in [0.1, 0.15) is 13.3 Å². The molecule has 2 rings (SSSR count). The maximum absolute atomic E-state index is 11.2. The largest absolute Gasteiger partial charge is 0.371 e. The van der Waals surface area contributed by atoms with E-state index in [4.69, 9.17) is 5.73 Å². The monoisotopic (exact) mass is 322 g/mol. The topological polar surface area (TPSA) is 72.9 Å². The van der Waals surface area contributed by atoms with E-state index in [1.807, 2.05) is 37.4 Å². The summed E-state index contributed by atoms with van der Waals surface area (Å²) >= 11 is 3.47. The molecule has 0 bridgehead atoms. The second-order valence-electron chi connectivity index (χ2n) is 4.13. The van der Waals surface area contributed by atoms with Gasteiger partial charge in [0.15, 0.2) is 0 Å². The first-order valence-corrected chi connectivity index (χ1v) is 6.76. The highest BCUT2D eigenvalue weighted by molar-refractivity contribution is 9.10. The van der Waals surface area contributed by atoms with E-state index < -0.39 is 0 Å². The Kier molecular flexibility index (Phi) is 4.21. The van der Waals surface area contributed by atoms with Gasteiger partial charge in [0.1, 0.15) is 6.04 Å². The number of benzene rings is 1. The molecule has 0 aliphatic carbocycles. The third-order valence-corrected chi connectivity index (χ3v) is 3.45. The van der Waals surface area contributed by atoms with Gasteiger partial charge in [-0.15, -0.1) is 0 Å². The minimum Gasteiger partial charge on any atom is -0.371 e. The Balaban J connectivity index is 2.20. The van der Waals surface area contributed by atoms with Crippen molar-refractivity contribution in [2.24, 2.45) is 5.73 Å². The molecule has 0 aliphatic rings. The molecule has 1 atom stereocenters. The van der Waals surface area contributed by atoms with Crippen LogP contribution in [0.5, 0.6) is 0 Å². The molecule has 0 radical (unpaired) electrons. The average Bonchev–Trinajstić information content (AvgIpc) is 2.84. The van der Waals surface area contributed by atoms with Crippen molar-refractivity contribution in [2.45, 2.75) is 19.4 Å². The fourth-order valence-electron chi connectivity index (χ4n) is 1.74. The zero-order valence-electron chi connectivity index (χ0n) is 10.5. The molecule has 0 aliphatic heterocycles. The van der Waals surface area contributed by atoms with Crippen LogP contribution in [-0.4, -0.2) is 21.7 Å². The summed E-state index contributed by atoms with van der Waals surface area (Å²) in [6.45, 7) is 1.90. The number of rotatable bonds is 5. The molecule has 0 saturated carbocycles. The molecule has 19 heavy (non-hydrogen) atoms. The smallest absolute Gasteiger partial charge is 0.239 e. The number of aromatic nitrogens is 2. The van der Waals surface area contributed by atoms with Crippen LogP contribution in [0.2, 0.25) is 0 Å². The van der Waals surface area contributed by atoms with E-state index in [9.17, 15) is 4.79 Å². The van der Waals surface area contributed by atoms with E-state index in [2.05, 4.69) is 26.3 Å². The van der Waals surface area contributed by atoms with Gasteiger partial charge in [-0.1, -0.05) is 19.1 Å². The van der Waals surface area contributed by atoms with Crippen LogP contribution in [0.4, 0.5) is 5.69 Å². The van der Waals surface area contributed by atoms with Gasteiger partial charge in [-0.2, -0.15) is 5.10 Å². The van der Waals surface area contributed by atoms with Gasteiger partial charge in [-0.25, -0.2) is 4.68 Å². The third-order valence-electron chi connectivity index (χ3n) is 2.77. The number of primary amides is 1. The Morgan fingerprint density at radius 3 is 2.89 bits per heavy atom. The molecule has 1 aromatic carbocycles. The predicted molar refractivity (Wildman–Crippen MR) is 78.2 cm³/mol. The van der Waals surface area contributed by atoms with Crippen LogP contribution < -0.4 is 11.1 Å². The highest BCUT2D eigenvalue weighted by Gasteiger charge is 2.13. The maximum atomic E-state index is 11.2. The van der Waals surface area contributed by atoms with Gasteiger partial charge < -0.3 is 11.1 Å². The highest BCUT2D eigenvalue weighted by Crippen LogP contribution is 2.21. The number of amides is 1. The first kappa shape index (κ1) is 13.6. The molecule has 100 valence electrons.